The number of nitrogens with zero attached hydrogens (tertiary/aromatic N) is 1. The van der Waals surface area contributed by atoms with Crippen LogP contribution in [0.4, 0.5) is 0 Å². The van der Waals surface area contributed by atoms with Crippen LogP contribution in [0.2, 0.25) is 0 Å². The van der Waals surface area contributed by atoms with Crippen LogP contribution in [0.3, 0.4) is 0 Å². The fraction of sp³-hybridized carbons (Fsp3) is 0.231. The molecule has 0 saturated heterocycles. The summed E-state index contributed by atoms with van der Waals surface area (Å²) in [4.78, 5) is 0. The van der Waals surface area contributed by atoms with Crippen molar-refractivity contribution in [3.05, 3.63) is 48.8 Å². The lowest BCUT2D eigenvalue weighted by atomic mass is 10.2. The van der Waals surface area contributed by atoms with E-state index in [0.717, 1.165) is 18.5 Å². The molecule has 0 aliphatic heterocycles. The minimum absolute atomic E-state index is 0.0841. The summed E-state index contributed by atoms with van der Waals surface area (Å²) in [5.74, 6) is 0. The van der Waals surface area contributed by atoms with Crippen LogP contribution >= 0.6 is 0 Å². The zero-order valence-corrected chi connectivity index (χ0v) is 8.69. The van der Waals surface area contributed by atoms with Crippen molar-refractivity contribution in [1.82, 2.24) is 4.57 Å². The third-order valence-corrected chi connectivity index (χ3v) is 2.55. The van der Waals surface area contributed by atoms with Gasteiger partial charge in [0.25, 0.3) is 0 Å². The highest BCUT2D eigenvalue weighted by Crippen LogP contribution is 2.15. The van der Waals surface area contributed by atoms with Crippen molar-refractivity contribution >= 4 is 10.8 Å². The zero-order chi connectivity index (χ0) is 10.7. The second-order valence-electron chi connectivity index (χ2n) is 3.78. The van der Waals surface area contributed by atoms with Gasteiger partial charge in [0.05, 0.1) is 6.61 Å². The molecule has 0 aliphatic rings. The standard InChI is InChI=1S/C13H15NO/c1-11(10-15)6-7-14-8-12-4-2-3-5-13(12)9-14/h2-5,8-9,15H,1,6-7,10H2. The van der Waals surface area contributed by atoms with Crippen molar-refractivity contribution in [2.24, 2.45) is 0 Å². The highest BCUT2D eigenvalue weighted by Gasteiger charge is 1.98. The highest BCUT2D eigenvalue weighted by atomic mass is 16.3. The van der Waals surface area contributed by atoms with E-state index < -0.39 is 0 Å². The van der Waals surface area contributed by atoms with Crippen LogP contribution in [0.5, 0.6) is 0 Å². The van der Waals surface area contributed by atoms with Gasteiger partial charge in [0, 0.05) is 18.9 Å². The van der Waals surface area contributed by atoms with Gasteiger partial charge in [0.2, 0.25) is 0 Å². The van der Waals surface area contributed by atoms with Gasteiger partial charge >= 0.3 is 0 Å². The first-order chi connectivity index (χ1) is 7.29. The maximum Gasteiger partial charge on any atom is 0.0639 e. The molecular formula is C13H15NO. The number of rotatable bonds is 4. The molecule has 0 unspecified atom stereocenters. The van der Waals surface area contributed by atoms with Gasteiger partial charge in [-0.1, -0.05) is 36.4 Å². The monoisotopic (exact) mass is 201 g/mol. The largest absolute Gasteiger partial charge is 0.392 e. The molecule has 2 nitrogen and oxygen atoms in total. The quantitative estimate of drug-likeness (QED) is 0.756. The molecule has 1 aromatic heterocycles. The van der Waals surface area contributed by atoms with Crippen molar-refractivity contribution in [2.45, 2.75) is 13.0 Å². The van der Waals surface area contributed by atoms with Gasteiger partial charge in [0.1, 0.15) is 0 Å². The molecule has 15 heavy (non-hydrogen) atoms. The predicted octanol–water partition coefficient (Wildman–Crippen LogP) is 2.58. The summed E-state index contributed by atoms with van der Waals surface area (Å²) in [6, 6.07) is 8.29. The summed E-state index contributed by atoms with van der Waals surface area (Å²) < 4.78 is 2.14. The lowest BCUT2D eigenvalue weighted by molar-refractivity contribution is 0.325. The number of aliphatic hydroxyl groups excluding tert-OH is 1. The molecule has 0 fully saturated rings. The third-order valence-electron chi connectivity index (χ3n) is 2.55. The van der Waals surface area contributed by atoms with E-state index in [0.29, 0.717) is 0 Å². The number of benzene rings is 1. The molecule has 0 saturated carbocycles. The minimum atomic E-state index is 0.0841. The maximum absolute atomic E-state index is 8.84. The Bertz CT molecular complexity index is 437. The smallest absolute Gasteiger partial charge is 0.0639 e. The second kappa shape index (κ2) is 4.32. The molecule has 78 valence electrons. The molecule has 0 bridgehead atoms. The lowest BCUT2D eigenvalue weighted by Crippen LogP contribution is -1.97. The van der Waals surface area contributed by atoms with Gasteiger partial charge < -0.3 is 9.67 Å². The van der Waals surface area contributed by atoms with Crippen LogP contribution < -0.4 is 0 Å². The Morgan fingerprint density at radius 1 is 1.20 bits per heavy atom. The molecule has 2 heteroatoms. The molecule has 1 N–H and O–H groups in total. The van der Waals surface area contributed by atoms with Crippen LogP contribution in [-0.2, 0) is 6.54 Å². The van der Waals surface area contributed by atoms with Gasteiger partial charge in [-0.15, -0.1) is 0 Å². The number of hydrogen-bond acceptors (Lipinski definition) is 1. The number of hydrogen-bond donors (Lipinski definition) is 1. The van der Waals surface area contributed by atoms with Crippen molar-refractivity contribution in [2.75, 3.05) is 6.61 Å². The molecule has 0 atom stereocenters. The van der Waals surface area contributed by atoms with Crippen LogP contribution in [0, 0.1) is 0 Å². The Kier molecular flexibility index (Phi) is 2.88. The second-order valence-corrected chi connectivity index (χ2v) is 3.78. The summed E-state index contributed by atoms with van der Waals surface area (Å²) >= 11 is 0. The van der Waals surface area contributed by atoms with E-state index in [2.05, 4.69) is 35.7 Å². The van der Waals surface area contributed by atoms with Gasteiger partial charge in [-0.25, -0.2) is 0 Å². The van der Waals surface area contributed by atoms with Crippen LogP contribution in [0.15, 0.2) is 48.8 Å². The van der Waals surface area contributed by atoms with Crippen LogP contribution in [0.25, 0.3) is 10.8 Å². The van der Waals surface area contributed by atoms with Gasteiger partial charge in [-0.2, -0.15) is 0 Å². The van der Waals surface area contributed by atoms with Crippen LogP contribution in [0.1, 0.15) is 6.42 Å². The average molecular weight is 201 g/mol. The fourth-order valence-electron chi connectivity index (χ4n) is 1.64. The number of aryl methyl sites for hydroxylation is 1. The highest BCUT2D eigenvalue weighted by molar-refractivity contribution is 5.81. The van der Waals surface area contributed by atoms with Gasteiger partial charge in [-0.3, -0.25) is 0 Å². The minimum Gasteiger partial charge on any atom is -0.392 e. The van der Waals surface area contributed by atoms with E-state index in [1.807, 2.05) is 12.1 Å². The average Bonchev–Trinajstić information content (AvgIpc) is 2.68. The summed E-state index contributed by atoms with van der Waals surface area (Å²) in [7, 11) is 0. The Hall–Kier alpha value is -1.54. The Morgan fingerprint density at radius 3 is 2.33 bits per heavy atom. The molecule has 1 aromatic carbocycles. The number of aliphatic hydroxyl groups is 1. The third kappa shape index (κ3) is 2.28. The molecule has 1 heterocycles. The van der Waals surface area contributed by atoms with Crippen molar-refractivity contribution in [3.8, 4) is 0 Å². The number of aromatic nitrogens is 1. The summed E-state index contributed by atoms with van der Waals surface area (Å²) in [5.41, 5.74) is 0.882. The van der Waals surface area contributed by atoms with E-state index >= 15 is 0 Å². The SMILES string of the molecule is C=C(CO)CCn1cc2ccccc2c1. The van der Waals surface area contributed by atoms with Crippen molar-refractivity contribution < 1.29 is 5.11 Å². The zero-order valence-electron chi connectivity index (χ0n) is 8.69. The Labute approximate surface area is 89.5 Å². The summed E-state index contributed by atoms with van der Waals surface area (Å²) in [6.07, 6.45) is 5.08. The van der Waals surface area contributed by atoms with E-state index in [1.165, 1.54) is 10.8 Å². The molecular weight excluding hydrogens is 186 g/mol. The Morgan fingerprint density at radius 2 is 1.80 bits per heavy atom. The molecule has 2 rings (SSSR count). The van der Waals surface area contributed by atoms with Crippen molar-refractivity contribution in [1.29, 1.82) is 0 Å². The first kappa shape index (κ1) is 9.99. The van der Waals surface area contributed by atoms with E-state index in [1.54, 1.807) is 0 Å². The molecule has 2 aromatic rings. The van der Waals surface area contributed by atoms with Gasteiger partial charge in [-0.05, 0) is 17.2 Å². The normalized spacial score (nSPS) is 10.7. The summed E-state index contributed by atoms with van der Waals surface area (Å²) in [6.45, 7) is 4.75. The first-order valence-electron chi connectivity index (χ1n) is 5.11. The Balaban J connectivity index is 2.12. The van der Waals surface area contributed by atoms with Crippen molar-refractivity contribution in [3.63, 3.8) is 0 Å². The summed E-state index contributed by atoms with van der Waals surface area (Å²) in [5, 5.41) is 11.4. The van der Waals surface area contributed by atoms with Crippen LogP contribution in [-0.4, -0.2) is 16.3 Å². The molecule has 0 radical (unpaired) electrons. The lowest BCUT2D eigenvalue weighted by Gasteiger charge is -2.02. The van der Waals surface area contributed by atoms with E-state index in [-0.39, 0.29) is 6.61 Å². The topological polar surface area (TPSA) is 25.2 Å². The first-order valence-corrected chi connectivity index (χ1v) is 5.11. The van der Waals surface area contributed by atoms with E-state index in [9.17, 15) is 0 Å². The fourth-order valence-corrected chi connectivity index (χ4v) is 1.64. The molecule has 0 spiro atoms. The predicted molar refractivity (Wildman–Crippen MR) is 62.8 cm³/mol. The number of fused-ring (bicyclic) bond motifs is 1. The van der Waals surface area contributed by atoms with Gasteiger partial charge in [0.15, 0.2) is 0 Å². The van der Waals surface area contributed by atoms with E-state index in [4.69, 9.17) is 5.11 Å². The maximum atomic E-state index is 8.84. The molecule has 0 amide bonds. The molecule has 0 aliphatic carbocycles.